The lowest BCUT2D eigenvalue weighted by molar-refractivity contribution is -0.149. The maximum Gasteiger partial charge on any atom is 0.321 e. The summed E-state index contributed by atoms with van der Waals surface area (Å²) in [5.41, 5.74) is 0.852. The van der Waals surface area contributed by atoms with E-state index in [1.165, 1.54) is 6.42 Å². The summed E-state index contributed by atoms with van der Waals surface area (Å²) in [5, 5.41) is 5.00. The predicted octanol–water partition coefficient (Wildman–Crippen LogP) is 2.88. The zero-order valence-corrected chi connectivity index (χ0v) is 14.6. The first-order valence-corrected chi connectivity index (χ1v) is 8.92. The Morgan fingerprint density at radius 3 is 2.44 bits per heavy atom. The van der Waals surface area contributed by atoms with E-state index in [9.17, 15) is 14.4 Å². The van der Waals surface area contributed by atoms with Crippen molar-refractivity contribution in [1.29, 1.82) is 0 Å². The van der Waals surface area contributed by atoms with E-state index in [1.807, 2.05) is 37.3 Å². The largest absolute Gasteiger partial charge is 0.455 e. The molecule has 0 radical (unpaired) electrons. The fraction of sp³-hybridized carbons (Fsp3) is 0.526. The molecular weight excluding hydrogens is 320 g/mol. The molecule has 25 heavy (non-hydrogen) atoms. The number of nitrogens with one attached hydrogen (secondary N) is 2. The minimum absolute atomic E-state index is 0.117. The molecule has 0 aromatic heterocycles. The Morgan fingerprint density at radius 1 is 1.12 bits per heavy atom. The second kappa shape index (κ2) is 9.81. The average molecular weight is 346 g/mol. The van der Waals surface area contributed by atoms with Crippen LogP contribution in [0.3, 0.4) is 0 Å². The lowest BCUT2D eigenvalue weighted by atomic mass is 9.96. The van der Waals surface area contributed by atoms with Crippen molar-refractivity contribution in [3.05, 3.63) is 35.9 Å². The highest BCUT2D eigenvalue weighted by atomic mass is 16.5. The Kier molecular flexibility index (Phi) is 7.44. The molecule has 0 saturated heterocycles. The number of amides is 3. The summed E-state index contributed by atoms with van der Waals surface area (Å²) in [5.74, 6) is -1.49. The number of ether oxygens (including phenoxy) is 1. The van der Waals surface area contributed by atoms with E-state index in [2.05, 4.69) is 10.6 Å². The van der Waals surface area contributed by atoms with Crippen LogP contribution in [0.25, 0.3) is 0 Å². The Labute approximate surface area is 148 Å². The number of hydrogen-bond acceptors (Lipinski definition) is 4. The molecule has 2 rings (SSSR count). The summed E-state index contributed by atoms with van der Waals surface area (Å²) in [7, 11) is 0. The molecule has 1 aromatic carbocycles. The van der Waals surface area contributed by atoms with Gasteiger partial charge in [0.1, 0.15) is 0 Å². The van der Waals surface area contributed by atoms with E-state index in [0.29, 0.717) is 6.42 Å². The molecule has 1 fully saturated rings. The van der Waals surface area contributed by atoms with Crippen molar-refractivity contribution in [1.82, 2.24) is 10.6 Å². The maximum absolute atomic E-state index is 12.2. The number of esters is 1. The Hall–Kier alpha value is -2.37. The molecule has 0 heterocycles. The topological polar surface area (TPSA) is 84.5 Å². The van der Waals surface area contributed by atoms with Gasteiger partial charge in [0.15, 0.2) is 6.61 Å². The van der Waals surface area contributed by atoms with Crippen LogP contribution >= 0.6 is 0 Å². The van der Waals surface area contributed by atoms with Crippen molar-refractivity contribution in [2.45, 2.75) is 57.4 Å². The van der Waals surface area contributed by atoms with E-state index in [0.717, 1.165) is 31.2 Å². The van der Waals surface area contributed by atoms with Crippen LogP contribution < -0.4 is 10.6 Å². The van der Waals surface area contributed by atoms with Gasteiger partial charge in [0.05, 0.1) is 5.92 Å². The van der Waals surface area contributed by atoms with Crippen LogP contribution in [0.15, 0.2) is 30.3 Å². The minimum atomic E-state index is -0.621. The third kappa shape index (κ3) is 6.21. The third-order valence-corrected chi connectivity index (χ3v) is 4.43. The zero-order valence-electron chi connectivity index (χ0n) is 14.6. The number of urea groups is 1. The first kappa shape index (κ1) is 19.0. The Bertz CT molecular complexity index is 582. The van der Waals surface area contributed by atoms with Crippen molar-refractivity contribution in [3.63, 3.8) is 0 Å². The van der Waals surface area contributed by atoms with E-state index in [1.54, 1.807) is 0 Å². The lowest BCUT2D eigenvalue weighted by Crippen LogP contribution is -2.46. The summed E-state index contributed by atoms with van der Waals surface area (Å²) in [6.07, 6.45) is 5.82. The van der Waals surface area contributed by atoms with E-state index in [4.69, 9.17) is 4.74 Å². The highest BCUT2D eigenvalue weighted by Crippen LogP contribution is 2.20. The van der Waals surface area contributed by atoms with Gasteiger partial charge in [-0.15, -0.1) is 0 Å². The summed E-state index contributed by atoms with van der Waals surface area (Å²) >= 11 is 0. The molecule has 1 aliphatic rings. The van der Waals surface area contributed by atoms with Crippen LogP contribution in [0.5, 0.6) is 0 Å². The second-order valence-electron chi connectivity index (χ2n) is 6.34. The number of rotatable bonds is 6. The smallest absolute Gasteiger partial charge is 0.321 e. The van der Waals surface area contributed by atoms with Gasteiger partial charge in [-0.05, 0) is 24.8 Å². The van der Waals surface area contributed by atoms with E-state index < -0.39 is 30.4 Å². The van der Waals surface area contributed by atoms with Gasteiger partial charge in [-0.25, -0.2) is 4.79 Å². The van der Waals surface area contributed by atoms with Gasteiger partial charge < -0.3 is 10.1 Å². The number of benzene rings is 1. The SMILES string of the molecule is CC[C@H](C(=O)OCC(=O)NC(=O)NC1CCCCC1)c1ccccc1. The van der Waals surface area contributed by atoms with Gasteiger partial charge in [-0.1, -0.05) is 56.5 Å². The van der Waals surface area contributed by atoms with Gasteiger partial charge in [0.2, 0.25) is 0 Å². The highest BCUT2D eigenvalue weighted by molar-refractivity contribution is 5.95. The molecule has 0 unspecified atom stereocenters. The molecule has 136 valence electrons. The normalized spacial score (nSPS) is 15.9. The van der Waals surface area contributed by atoms with Gasteiger partial charge >= 0.3 is 12.0 Å². The molecule has 6 nitrogen and oxygen atoms in total. The fourth-order valence-electron chi connectivity index (χ4n) is 3.09. The van der Waals surface area contributed by atoms with Gasteiger partial charge in [0, 0.05) is 6.04 Å². The first-order valence-electron chi connectivity index (χ1n) is 8.92. The number of carbonyl (C=O) groups is 3. The van der Waals surface area contributed by atoms with Crippen LogP contribution in [-0.4, -0.2) is 30.6 Å². The van der Waals surface area contributed by atoms with Crippen LogP contribution in [0.1, 0.15) is 56.9 Å². The highest BCUT2D eigenvalue weighted by Gasteiger charge is 2.22. The van der Waals surface area contributed by atoms with Crippen LogP contribution in [-0.2, 0) is 14.3 Å². The molecule has 1 saturated carbocycles. The predicted molar refractivity (Wildman–Crippen MR) is 94.0 cm³/mol. The standard InChI is InChI=1S/C19H26N2O4/c1-2-16(14-9-5-3-6-10-14)18(23)25-13-17(22)21-19(24)20-15-11-7-4-8-12-15/h3,5-6,9-10,15-16H,2,4,7-8,11-13H2,1H3,(H2,20,21,22,24)/t16-/m0/s1. The van der Waals surface area contributed by atoms with Crippen molar-refractivity contribution in [2.24, 2.45) is 0 Å². The quantitative estimate of drug-likeness (QED) is 0.776. The third-order valence-electron chi connectivity index (χ3n) is 4.43. The van der Waals surface area contributed by atoms with Crippen molar-refractivity contribution >= 4 is 17.9 Å². The molecule has 0 spiro atoms. The molecule has 1 atom stereocenters. The monoisotopic (exact) mass is 346 g/mol. The average Bonchev–Trinajstić information content (AvgIpc) is 2.62. The number of carbonyl (C=O) groups excluding carboxylic acids is 3. The first-order chi connectivity index (χ1) is 12.1. The minimum Gasteiger partial charge on any atom is -0.455 e. The summed E-state index contributed by atoms with van der Waals surface area (Å²) in [6, 6.07) is 8.89. The summed E-state index contributed by atoms with van der Waals surface area (Å²) in [6.45, 7) is 1.43. The molecule has 3 amide bonds. The molecule has 0 bridgehead atoms. The second-order valence-corrected chi connectivity index (χ2v) is 6.34. The van der Waals surface area contributed by atoms with Crippen LogP contribution in [0.4, 0.5) is 4.79 Å². The van der Waals surface area contributed by atoms with E-state index >= 15 is 0 Å². The summed E-state index contributed by atoms with van der Waals surface area (Å²) in [4.78, 5) is 35.8. The Morgan fingerprint density at radius 2 is 1.80 bits per heavy atom. The van der Waals surface area contributed by atoms with Crippen molar-refractivity contribution in [3.8, 4) is 0 Å². The van der Waals surface area contributed by atoms with Crippen LogP contribution in [0, 0.1) is 0 Å². The Balaban J connectivity index is 1.74. The zero-order chi connectivity index (χ0) is 18.1. The maximum atomic E-state index is 12.2. The van der Waals surface area contributed by atoms with Gasteiger partial charge in [-0.2, -0.15) is 0 Å². The molecule has 2 N–H and O–H groups in total. The number of imide groups is 1. The molecule has 1 aliphatic carbocycles. The summed E-state index contributed by atoms with van der Waals surface area (Å²) < 4.78 is 5.07. The van der Waals surface area contributed by atoms with Gasteiger partial charge in [0.25, 0.3) is 5.91 Å². The van der Waals surface area contributed by atoms with Crippen LogP contribution in [0.2, 0.25) is 0 Å². The van der Waals surface area contributed by atoms with E-state index in [-0.39, 0.29) is 6.04 Å². The van der Waals surface area contributed by atoms with Crippen molar-refractivity contribution in [2.75, 3.05) is 6.61 Å². The lowest BCUT2D eigenvalue weighted by Gasteiger charge is -2.22. The van der Waals surface area contributed by atoms with Gasteiger partial charge in [-0.3, -0.25) is 14.9 Å². The molecule has 0 aliphatic heterocycles. The van der Waals surface area contributed by atoms with Crippen molar-refractivity contribution < 1.29 is 19.1 Å². The molecular formula is C19H26N2O4. The fourth-order valence-corrected chi connectivity index (χ4v) is 3.09. The number of hydrogen-bond donors (Lipinski definition) is 2. The molecule has 1 aromatic rings. The molecule has 6 heteroatoms.